The van der Waals surface area contributed by atoms with Gasteiger partial charge in [-0.1, -0.05) is 49.6 Å². The van der Waals surface area contributed by atoms with Gasteiger partial charge in [-0.05, 0) is 73.3 Å². The predicted molar refractivity (Wildman–Crippen MR) is 157 cm³/mol. The molecule has 2 fully saturated rings. The molecular weight excluding hydrogens is 557 g/mol. The molecule has 0 spiro atoms. The zero-order valence-electron chi connectivity index (χ0n) is 24.1. The fourth-order valence-corrected chi connectivity index (χ4v) is 6.10. The van der Waals surface area contributed by atoms with Crippen LogP contribution in [-0.4, -0.2) is 48.3 Å². The first-order chi connectivity index (χ1) is 20.5. The number of nitrogens with two attached hydrogens (primary N) is 1. The van der Waals surface area contributed by atoms with E-state index in [1.165, 1.54) is 12.1 Å². The van der Waals surface area contributed by atoms with Crippen LogP contribution in [0.3, 0.4) is 0 Å². The summed E-state index contributed by atoms with van der Waals surface area (Å²) < 4.78 is 40.8. The summed E-state index contributed by atoms with van der Waals surface area (Å²) in [5.41, 5.74) is 6.07. The van der Waals surface area contributed by atoms with Gasteiger partial charge in [-0.15, -0.1) is 0 Å². The number of nitrogens with one attached hydrogen (secondary N) is 3. The van der Waals surface area contributed by atoms with Gasteiger partial charge in [0, 0.05) is 19.6 Å². The van der Waals surface area contributed by atoms with Crippen molar-refractivity contribution in [3.8, 4) is 6.07 Å². The van der Waals surface area contributed by atoms with Gasteiger partial charge in [0.1, 0.15) is 6.04 Å². The number of guanidine groups is 1. The molecule has 1 saturated heterocycles. The van der Waals surface area contributed by atoms with E-state index in [1.807, 2.05) is 6.07 Å². The maximum Gasteiger partial charge on any atom is 0.416 e. The van der Waals surface area contributed by atoms with E-state index in [2.05, 4.69) is 10.6 Å². The summed E-state index contributed by atoms with van der Waals surface area (Å²) in [6, 6.07) is 12.6. The van der Waals surface area contributed by atoms with E-state index in [0.717, 1.165) is 57.1 Å². The number of alkyl halides is 3. The molecule has 2 aromatic rings. The van der Waals surface area contributed by atoms with Gasteiger partial charge in [0.05, 0.1) is 23.1 Å². The summed E-state index contributed by atoms with van der Waals surface area (Å²) in [4.78, 5) is 29.3. The number of carbonyl (C=O) groups is 2. The van der Waals surface area contributed by atoms with Crippen molar-refractivity contribution in [3.05, 3.63) is 70.8 Å². The minimum Gasteiger partial charge on any atom is -0.370 e. The Morgan fingerprint density at radius 3 is 2.30 bits per heavy atom. The van der Waals surface area contributed by atoms with Crippen LogP contribution in [-0.2, 0) is 22.2 Å². The Morgan fingerprint density at radius 1 is 1.02 bits per heavy atom. The van der Waals surface area contributed by atoms with E-state index in [9.17, 15) is 22.8 Å². The van der Waals surface area contributed by atoms with E-state index in [4.69, 9.17) is 16.4 Å². The van der Waals surface area contributed by atoms with Crippen LogP contribution in [0.15, 0.2) is 48.5 Å². The first-order valence-electron chi connectivity index (χ1n) is 14.9. The van der Waals surface area contributed by atoms with Gasteiger partial charge in [0.25, 0.3) is 0 Å². The van der Waals surface area contributed by atoms with Crippen LogP contribution in [0.4, 0.5) is 13.2 Å². The molecule has 8 nitrogen and oxygen atoms in total. The van der Waals surface area contributed by atoms with Crippen LogP contribution < -0.4 is 16.4 Å². The van der Waals surface area contributed by atoms with Gasteiger partial charge in [0.15, 0.2) is 5.96 Å². The van der Waals surface area contributed by atoms with Crippen molar-refractivity contribution < 1.29 is 22.8 Å². The lowest BCUT2D eigenvalue weighted by Crippen LogP contribution is -2.53. The maximum absolute atomic E-state index is 13.9. The summed E-state index contributed by atoms with van der Waals surface area (Å²) in [6.07, 6.45) is 1.58. The molecule has 1 unspecified atom stereocenters. The molecule has 43 heavy (non-hydrogen) atoms. The number of rotatable bonds is 9. The number of hydrogen-bond donors (Lipinski definition) is 4. The highest BCUT2D eigenvalue weighted by Crippen LogP contribution is 2.33. The van der Waals surface area contributed by atoms with Crippen molar-refractivity contribution in [1.29, 1.82) is 10.7 Å². The lowest BCUT2D eigenvalue weighted by molar-refractivity contribution is -0.137. The molecule has 11 heteroatoms. The van der Waals surface area contributed by atoms with Gasteiger partial charge in [-0.3, -0.25) is 15.0 Å². The van der Waals surface area contributed by atoms with Gasteiger partial charge in [-0.2, -0.15) is 18.4 Å². The Balaban J connectivity index is 1.54. The van der Waals surface area contributed by atoms with Crippen LogP contribution in [0.5, 0.6) is 0 Å². The van der Waals surface area contributed by atoms with Crippen LogP contribution in [0.2, 0.25) is 0 Å². The Kier molecular flexibility index (Phi) is 10.7. The summed E-state index contributed by atoms with van der Waals surface area (Å²) in [7, 11) is 0. The number of benzene rings is 2. The fraction of sp³-hybridized carbons (Fsp3) is 0.500. The monoisotopic (exact) mass is 596 g/mol. The van der Waals surface area contributed by atoms with E-state index in [1.54, 1.807) is 29.2 Å². The number of piperidine rings is 1. The zero-order valence-corrected chi connectivity index (χ0v) is 24.1. The maximum atomic E-state index is 13.9. The molecular formula is C32H39F3N6O2. The lowest BCUT2D eigenvalue weighted by Gasteiger charge is -2.34. The molecule has 1 heterocycles. The number of nitriles is 1. The minimum absolute atomic E-state index is 0.0406. The van der Waals surface area contributed by atoms with Crippen molar-refractivity contribution in [2.45, 2.75) is 69.5 Å². The predicted octanol–water partition coefficient (Wildman–Crippen LogP) is 4.69. The highest BCUT2D eigenvalue weighted by Gasteiger charge is 2.35. The normalized spacial score (nSPS) is 17.9. The highest BCUT2D eigenvalue weighted by molar-refractivity contribution is 5.91. The zero-order chi connectivity index (χ0) is 31.0. The molecule has 2 amide bonds. The Bertz CT molecular complexity index is 1310. The van der Waals surface area contributed by atoms with Crippen molar-refractivity contribution in [2.24, 2.45) is 17.6 Å². The second kappa shape index (κ2) is 14.4. The quantitative estimate of drug-likeness (QED) is 0.246. The molecule has 1 aliphatic carbocycles. The molecule has 2 aromatic carbocycles. The Hall–Kier alpha value is -4.07. The summed E-state index contributed by atoms with van der Waals surface area (Å²) in [6.45, 7) is 1.73. The van der Waals surface area contributed by atoms with Crippen molar-refractivity contribution in [3.63, 3.8) is 0 Å². The van der Waals surface area contributed by atoms with E-state index in [-0.39, 0.29) is 35.7 Å². The minimum atomic E-state index is -4.57. The number of hydrogen-bond acceptors (Lipinski definition) is 4. The lowest BCUT2D eigenvalue weighted by atomic mass is 9.82. The third-order valence-corrected chi connectivity index (χ3v) is 8.68. The second-order valence-electron chi connectivity index (χ2n) is 11.6. The van der Waals surface area contributed by atoms with Gasteiger partial charge < -0.3 is 21.3 Å². The van der Waals surface area contributed by atoms with E-state index >= 15 is 0 Å². The first-order valence-corrected chi connectivity index (χ1v) is 14.9. The molecule has 0 radical (unpaired) electrons. The van der Waals surface area contributed by atoms with Gasteiger partial charge >= 0.3 is 6.18 Å². The Morgan fingerprint density at radius 2 is 1.70 bits per heavy atom. The third kappa shape index (κ3) is 8.72. The SMILES string of the molecule is N#Cc1ccc(CC(C(=O)N[C@H](C(=O)NCC2CCN(C(=N)N)CC2)C2CCCCC2)c2cccc(C(F)(F)F)c2)cc1. The van der Waals surface area contributed by atoms with Crippen molar-refractivity contribution >= 4 is 17.8 Å². The molecule has 5 N–H and O–H groups in total. The summed E-state index contributed by atoms with van der Waals surface area (Å²) in [5.74, 6) is -1.59. The largest absolute Gasteiger partial charge is 0.416 e. The number of amides is 2. The third-order valence-electron chi connectivity index (χ3n) is 8.68. The molecule has 2 aliphatic rings. The van der Waals surface area contributed by atoms with Crippen molar-refractivity contribution in [2.75, 3.05) is 19.6 Å². The summed E-state index contributed by atoms with van der Waals surface area (Å²) >= 11 is 0. The molecule has 2 atom stereocenters. The van der Waals surface area contributed by atoms with Crippen LogP contribution in [0, 0.1) is 28.6 Å². The molecule has 230 valence electrons. The molecule has 0 aromatic heterocycles. The molecule has 1 saturated carbocycles. The standard InChI is InChI=1S/C32H39F3N6O2/c33-32(34,35)26-8-4-7-25(18-26)27(17-21-9-11-22(19-36)12-10-21)29(42)40-28(24-5-2-1-3-6-24)30(43)39-20-23-13-15-41(16-14-23)31(37)38/h4,7-12,18,23-24,27-28H,1-3,5-6,13-17,20H2,(H3,37,38)(H,39,43)(H,40,42)/t27?,28-/m0/s1. The topological polar surface area (TPSA) is 135 Å². The number of halogens is 3. The van der Waals surface area contributed by atoms with Crippen molar-refractivity contribution in [1.82, 2.24) is 15.5 Å². The van der Waals surface area contributed by atoms with Crippen LogP contribution in [0.25, 0.3) is 0 Å². The molecule has 4 rings (SSSR count). The highest BCUT2D eigenvalue weighted by atomic mass is 19.4. The number of likely N-dealkylation sites (tertiary alicyclic amines) is 1. The second-order valence-corrected chi connectivity index (χ2v) is 11.6. The van der Waals surface area contributed by atoms with Gasteiger partial charge in [0.2, 0.25) is 11.8 Å². The Labute approximate surface area is 250 Å². The summed E-state index contributed by atoms with van der Waals surface area (Å²) in [5, 5.41) is 22.7. The average Bonchev–Trinajstić information content (AvgIpc) is 3.01. The smallest absolute Gasteiger partial charge is 0.370 e. The first kappa shape index (κ1) is 31.9. The van der Waals surface area contributed by atoms with Crippen LogP contribution >= 0.6 is 0 Å². The number of carbonyl (C=O) groups excluding carboxylic acids is 2. The average molecular weight is 597 g/mol. The number of nitrogens with zero attached hydrogens (tertiary/aromatic N) is 2. The van der Waals surface area contributed by atoms with Gasteiger partial charge in [-0.25, -0.2) is 0 Å². The van der Waals surface area contributed by atoms with E-state index < -0.39 is 29.6 Å². The molecule has 0 bridgehead atoms. The van der Waals surface area contributed by atoms with E-state index in [0.29, 0.717) is 30.8 Å². The molecule has 1 aliphatic heterocycles. The fourth-order valence-electron chi connectivity index (χ4n) is 6.10. The van der Waals surface area contributed by atoms with Crippen LogP contribution in [0.1, 0.15) is 73.1 Å².